The van der Waals surface area contributed by atoms with Crippen molar-refractivity contribution in [2.75, 3.05) is 37.7 Å². The summed E-state index contributed by atoms with van der Waals surface area (Å²) in [5, 5.41) is 0. The molecule has 4 heterocycles. The van der Waals surface area contributed by atoms with Crippen molar-refractivity contribution in [2.24, 2.45) is 7.05 Å². The molecule has 1 atom stereocenters. The van der Waals surface area contributed by atoms with Crippen molar-refractivity contribution in [1.29, 1.82) is 0 Å². The number of imidazole rings is 1. The first-order valence-electron chi connectivity index (χ1n) is 9.10. The predicted molar refractivity (Wildman–Crippen MR) is 95.4 cm³/mol. The van der Waals surface area contributed by atoms with Crippen LogP contribution in [0.15, 0.2) is 18.5 Å². The summed E-state index contributed by atoms with van der Waals surface area (Å²) < 4.78 is 8.03. The molecule has 2 aromatic rings. The first-order valence-corrected chi connectivity index (χ1v) is 9.10. The number of hydrogen-bond donors (Lipinski definition) is 0. The Hall–Kier alpha value is -1.99. The van der Waals surface area contributed by atoms with E-state index in [1.54, 1.807) is 0 Å². The van der Waals surface area contributed by atoms with Gasteiger partial charge in [0.15, 0.2) is 0 Å². The zero-order valence-electron chi connectivity index (χ0n) is 15.1. The highest BCUT2D eigenvalue weighted by atomic mass is 16.5. The van der Waals surface area contributed by atoms with Gasteiger partial charge < -0.3 is 14.2 Å². The smallest absolute Gasteiger partial charge is 0.225 e. The molecule has 134 valence electrons. The van der Waals surface area contributed by atoms with E-state index in [1.807, 2.05) is 32.4 Å². The van der Waals surface area contributed by atoms with Crippen LogP contribution in [0.5, 0.6) is 0 Å². The van der Waals surface area contributed by atoms with Crippen molar-refractivity contribution in [3.05, 3.63) is 35.7 Å². The lowest BCUT2D eigenvalue weighted by atomic mass is 10.2. The van der Waals surface area contributed by atoms with Crippen LogP contribution in [0, 0.1) is 6.92 Å². The lowest BCUT2D eigenvalue weighted by Crippen LogP contribution is -2.39. The molecule has 2 saturated heterocycles. The maximum atomic E-state index is 5.97. The van der Waals surface area contributed by atoms with Crippen molar-refractivity contribution in [3.63, 3.8) is 0 Å². The fourth-order valence-corrected chi connectivity index (χ4v) is 3.71. The van der Waals surface area contributed by atoms with Crippen LogP contribution < -0.4 is 4.90 Å². The second kappa shape index (κ2) is 7.09. The molecule has 0 bridgehead atoms. The Balaban J connectivity index is 1.44. The minimum absolute atomic E-state index is 0.0207. The van der Waals surface area contributed by atoms with Gasteiger partial charge in [-0.05, 0) is 25.8 Å². The SMILES string of the molecule is Cc1cn(C)c(C2CN(Cc3ccnc(N4CCCC4)n3)CCO2)n1. The van der Waals surface area contributed by atoms with Crippen LogP contribution in [-0.4, -0.2) is 57.2 Å². The molecule has 4 rings (SSSR count). The number of aryl methyl sites for hydroxylation is 2. The molecule has 0 saturated carbocycles. The van der Waals surface area contributed by atoms with E-state index in [4.69, 9.17) is 9.72 Å². The van der Waals surface area contributed by atoms with E-state index < -0.39 is 0 Å². The Morgan fingerprint density at radius 1 is 1.20 bits per heavy atom. The summed E-state index contributed by atoms with van der Waals surface area (Å²) >= 11 is 0. The van der Waals surface area contributed by atoms with Crippen molar-refractivity contribution in [1.82, 2.24) is 24.4 Å². The minimum atomic E-state index is 0.0207. The van der Waals surface area contributed by atoms with E-state index in [-0.39, 0.29) is 6.10 Å². The molecule has 0 amide bonds. The van der Waals surface area contributed by atoms with Crippen LogP contribution >= 0.6 is 0 Å². The van der Waals surface area contributed by atoms with Crippen molar-refractivity contribution >= 4 is 5.95 Å². The normalized spacial score (nSPS) is 21.8. The van der Waals surface area contributed by atoms with Gasteiger partial charge in [0.2, 0.25) is 5.95 Å². The maximum Gasteiger partial charge on any atom is 0.225 e. The average molecular weight is 342 g/mol. The van der Waals surface area contributed by atoms with Crippen molar-refractivity contribution in [2.45, 2.75) is 32.4 Å². The maximum absolute atomic E-state index is 5.97. The number of hydrogen-bond acceptors (Lipinski definition) is 6. The molecule has 2 aliphatic rings. The van der Waals surface area contributed by atoms with E-state index in [1.165, 1.54) is 12.8 Å². The van der Waals surface area contributed by atoms with E-state index in [9.17, 15) is 0 Å². The number of rotatable bonds is 4. The van der Waals surface area contributed by atoms with E-state index in [0.717, 1.165) is 62.5 Å². The molecule has 2 fully saturated rings. The molecule has 0 N–H and O–H groups in total. The molecular weight excluding hydrogens is 316 g/mol. The Labute approximate surface area is 148 Å². The molecule has 0 aliphatic carbocycles. The van der Waals surface area contributed by atoms with Gasteiger partial charge >= 0.3 is 0 Å². The summed E-state index contributed by atoms with van der Waals surface area (Å²) in [5.74, 6) is 1.88. The second-order valence-corrected chi connectivity index (χ2v) is 6.99. The molecule has 0 spiro atoms. The van der Waals surface area contributed by atoms with Gasteiger partial charge in [-0.15, -0.1) is 0 Å². The number of morpholine rings is 1. The molecule has 1 unspecified atom stereocenters. The van der Waals surface area contributed by atoms with Crippen LogP contribution in [0.3, 0.4) is 0 Å². The third kappa shape index (κ3) is 3.67. The predicted octanol–water partition coefficient (Wildman–Crippen LogP) is 1.69. The number of ether oxygens (including phenoxy) is 1. The van der Waals surface area contributed by atoms with E-state index in [2.05, 4.69) is 24.3 Å². The Morgan fingerprint density at radius 2 is 2.04 bits per heavy atom. The van der Waals surface area contributed by atoms with Gasteiger partial charge in [0.25, 0.3) is 0 Å². The first-order chi connectivity index (χ1) is 12.2. The Morgan fingerprint density at radius 3 is 2.80 bits per heavy atom. The van der Waals surface area contributed by atoms with Crippen LogP contribution in [0.2, 0.25) is 0 Å². The molecule has 0 aromatic carbocycles. The lowest BCUT2D eigenvalue weighted by Gasteiger charge is -2.32. The second-order valence-electron chi connectivity index (χ2n) is 6.99. The quantitative estimate of drug-likeness (QED) is 0.843. The third-order valence-corrected chi connectivity index (χ3v) is 4.95. The summed E-state index contributed by atoms with van der Waals surface area (Å²) in [5.41, 5.74) is 2.11. The zero-order valence-corrected chi connectivity index (χ0v) is 15.1. The van der Waals surface area contributed by atoms with E-state index >= 15 is 0 Å². The fraction of sp³-hybridized carbons (Fsp3) is 0.611. The highest BCUT2D eigenvalue weighted by Crippen LogP contribution is 2.23. The van der Waals surface area contributed by atoms with Crippen molar-refractivity contribution < 1.29 is 4.74 Å². The highest BCUT2D eigenvalue weighted by molar-refractivity contribution is 5.31. The van der Waals surface area contributed by atoms with Gasteiger partial charge in [-0.3, -0.25) is 4.90 Å². The molecule has 25 heavy (non-hydrogen) atoms. The summed E-state index contributed by atoms with van der Waals surface area (Å²) in [4.78, 5) is 18.5. The minimum Gasteiger partial charge on any atom is -0.368 e. The summed E-state index contributed by atoms with van der Waals surface area (Å²) in [6.07, 6.45) is 6.43. The lowest BCUT2D eigenvalue weighted by molar-refractivity contribution is -0.0387. The third-order valence-electron chi connectivity index (χ3n) is 4.95. The molecule has 2 aliphatic heterocycles. The van der Waals surface area contributed by atoms with Gasteiger partial charge in [0.05, 0.1) is 18.0 Å². The molecular formula is C18H26N6O. The summed E-state index contributed by atoms with van der Waals surface area (Å²) in [6.45, 7) is 7.47. The van der Waals surface area contributed by atoms with Gasteiger partial charge in [0.1, 0.15) is 11.9 Å². The number of nitrogens with zero attached hydrogens (tertiary/aromatic N) is 6. The molecule has 0 radical (unpaired) electrons. The standard InChI is InChI=1S/C18H26N6O/c1-14-11-22(2)17(20-14)16-13-23(9-10-25-16)12-15-5-6-19-18(21-15)24-7-3-4-8-24/h5-6,11,16H,3-4,7-10,12-13H2,1-2H3. The van der Waals surface area contributed by atoms with Gasteiger partial charge in [0, 0.05) is 52.2 Å². The van der Waals surface area contributed by atoms with Crippen molar-refractivity contribution in [3.8, 4) is 0 Å². The van der Waals surface area contributed by atoms with Crippen LogP contribution in [0.1, 0.15) is 36.2 Å². The number of anilines is 1. The molecule has 7 nitrogen and oxygen atoms in total. The van der Waals surface area contributed by atoms with Gasteiger partial charge in [-0.2, -0.15) is 0 Å². The van der Waals surface area contributed by atoms with E-state index in [0.29, 0.717) is 0 Å². The monoisotopic (exact) mass is 342 g/mol. The number of aromatic nitrogens is 4. The van der Waals surface area contributed by atoms with Gasteiger partial charge in [-0.25, -0.2) is 15.0 Å². The van der Waals surface area contributed by atoms with Gasteiger partial charge in [-0.1, -0.05) is 0 Å². The molecule has 2 aromatic heterocycles. The Kier molecular flexibility index (Phi) is 4.67. The molecule has 7 heteroatoms. The summed E-state index contributed by atoms with van der Waals surface area (Å²) in [6, 6.07) is 2.02. The van der Waals surface area contributed by atoms with Crippen LogP contribution in [-0.2, 0) is 18.3 Å². The van der Waals surface area contributed by atoms with Crippen LogP contribution in [0.4, 0.5) is 5.95 Å². The average Bonchev–Trinajstić information content (AvgIpc) is 3.25. The fourth-order valence-electron chi connectivity index (χ4n) is 3.71. The van der Waals surface area contributed by atoms with Crippen LogP contribution in [0.25, 0.3) is 0 Å². The summed E-state index contributed by atoms with van der Waals surface area (Å²) in [7, 11) is 2.03. The zero-order chi connectivity index (χ0) is 17.2. The Bertz CT molecular complexity index is 724. The highest BCUT2D eigenvalue weighted by Gasteiger charge is 2.26. The topological polar surface area (TPSA) is 59.3 Å². The largest absolute Gasteiger partial charge is 0.368 e. The first kappa shape index (κ1) is 16.5.